The van der Waals surface area contributed by atoms with Gasteiger partial charge in [0.25, 0.3) is 0 Å². The molecule has 1 saturated heterocycles. The fourth-order valence-electron chi connectivity index (χ4n) is 1.78. The summed E-state index contributed by atoms with van der Waals surface area (Å²) in [6.45, 7) is 6.60. The zero-order chi connectivity index (χ0) is 10.2. The predicted molar refractivity (Wildman–Crippen MR) is 57.1 cm³/mol. The van der Waals surface area contributed by atoms with E-state index < -0.39 is 0 Å². The molecule has 0 amide bonds. The van der Waals surface area contributed by atoms with Crippen molar-refractivity contribution in [2.24, 2.45) is 5.41 Å². The molecule has 1 fully saturated rings. The number of anilines is 2. The number of nitrogen functional groups attached to an aromatic ring is 1. The number of nitrogens with two attached hydrogens (primary N) is 1. The maximum absolute atomic E-state index is 5.54. The van der Waals surface area contributed by atoms with Gasteiger partial charge in [0.15, 0.2) is 0 Å². The van der Waals surface area contributed by atoms with Crippen LogP contribution >= 0.6 is 0 Å². The fourth-order valence-corrected chi connectivity index (χ4v) is 1.78. The summed E-state index contributed by atoms with van der Waals surface area (Å²) >= 11 is 0. The highest BCUT2D eigenvalue weighted by atomic mass is 15.3. The smallest absolute Gasteiger partial charge is 0.225 e. The van der Waals surface area contributed by atoms with Gasteiger partial charge in [-0.25, -0.2) is 9.97 Å². The summed E-state index contributed by atoms with van der Waals surface area (Å²) in [4.78, 5) is 10.6. The Balaban J connectivity index is 2.14. The van der Waals surface area contributed by atoms with E-state index in [1.54, 1.807) is 12.4 Å². The third kappa shape index (κ3) is 1.78. The molecule has 2 rings (SSSR count). The van der Waals surface area contributed by atoms with Crippen LogP contribution in [0.25, 0.3) is 0 Å². The van der Waals surface area contributed by atoms with Gasteiger partial charge in [-0.15, -0.1) is 0 Å². The molecule has 1 aromatic rings. The van der Waals surface area contributed by atoms with Crippen molar-refractivity contribution in [3.63, 3.8) is 0 Å². The summed E-state index contributed by atoms with van der Waals surface area (Å²) in [6.07, 6.45) is 4.52. The normalized spacial score (nSPS) is 20.0. The summed E-state index contributed by atoms with van der Waals surface area (Å²) in [6, 6.07) is 0. The van der Waals surface area contributed by atoms with Crippen molar-refractivity contribution in [3.8, 4) is 0 Å². The lowest BCUT2D eigenvalue weighted by molar-refractivity contribution is 0.418. The van der Waals surface area contributed by atoms with E-state index in [0.717, 1.165) is 19.0 Å². The molecule has 0 aliphatic carbocycles. The standard InChI is InChI=1S/C10H16N4/c1-10(2)3-4-14(7-10)9-12-5-8(11)6-13-9/h5-6H,3-4,7,11H2,1-2H3. The predicted octanol–water partition coefficient (Wildman–Crippen LogP) is 1.30. The largest absolute Gasteiger partial charge is 0.396 e. The van der Waals surface area contributed by atoms with Crippen LogP contribution in [0, 0.1) is 5.41 Å². The van der Waals surface area contributed by atoms with Gasteiger partial charge in [0.05, 0.1) is 18.1 Å². The molecule has 76 valence electrons. The van der Waals surface area contributed by atoms with Gasteiger partial charge >= 0.3 is 0 Å². The first-order chi connectivity index (χ1) is 6.57. The second-order valence-corrected chi connectivity index (χ2v) is 4.65. The lowest BCUT2D eigenvalue weighted by atomic mass is 9.93. The molecule has 0 atom stereocenters. The summed E-state index contributed by atoms with van der Waals surface area (Å²) in [5.74, 6) is 0.796. The van der Waals surface area contributed by atoms with Gasteiger partial charge in [-0.1, -0.05) is 13.8 Å². The van der Waals surface area contributed by atoms with Gasteiger partial charge < -0.3 is 10.6 Å². The Morgan fingerprint density at radius 2 is 2.00 bits per heavy atom. The molecular weight excluding hydrogens is 176 g/mol. The first-order valence-electron chi connectivity index (χ1n) is 4.89. The minimum absolute atomic E-state index is 0.380. The third-order valence-corrected chi connectivity index (χ3v) is 2.62. The van der Waals surface area contributed by atoms with Crippen LogP contribution in [-0.2, 0) is 0 Å². The molecule has 1 aliphatic heterocycles. The molecule has 1 aliphatic rings. The van der Waals surface area contributed by atoms with E-state index >= 15 is 0 Å². The molecule has 4 heteroatoms. The second-order valence-electron chi connectivity index (χ2n) is 4.65. The maximum atomic E-state index is 5.54. The molecule has 0 unspecified atom stereocenters. The summed E-state index contributed by atoms with van der Waals surface area (Å²) in [7, 11) is 0. The molecule has 0 spiro atoms. The molecule has 0 saturated carbocycles. The van der Waals surface area contributed by atoms with E-state index in [9.17, 15) is 0 Å². The topological polar surface area (TPSA) is 55.0 Å². The third-order valence-electron chi connectivity index (χ3n) is 2.62. The van der Waals surface area contributed by atoms with Crippen LogP contribution in [-0.4, -0.2) is 23.1 Å². The Hall–Kier alpha value is -1.32. The van der Waals surface area contributed by atoms with E-state index in [0.29, 0.717) is 11.1 Å². The van der Waals surface area contributed by atoms with Crippen LogP contribution in [0.15, 0.2) is 12.4 Å². The van der Waals surface area contributed by atoms with Crippen LogP contribution in [0.5, 0.6) is 0 Å². The molecule has 0 radical (unpaired) electrons. The number of hydrogen-bond donors (Lipinski definition) is 1. The van der Waals surface area contributed by atoms with Crippen molar-refractivity contribution in [3.05, 3.63) is 12.4 Å². The first-order valence-corrected chi connectivity index (χ1v) is 4.89. The summed E-state index contributed by atoms with van der Waals surface area (Å²) < 4.78 is 0. The molecule has 4 nitrogen and oxygen atoms in total. The zero-order valence-corrected chi connectivity index (χ0v) is 8.70. The Labute approximate surface area is 84.2 Å². The average molecular weight is 192 g/mol. The lowest BCUT2D eigenvalue weighted by Crippen LogP contribution is -2.24. The minimum atomic E-state index is 0.380. The number of hydrogen-bond acceptors (Lipinski definition) is 4. The van der Waals surface area contributed by atoms with Crippen LogP contribution < -0.4 is 10.6 Å². The highest BCUT2D eigenvalue weighted by Crippen LogP contribution is 2.30. The SMILES string of the molecule is CC1(C)CCN(c2ncc(N)cn2)C1. The van der Waals surface area contributed by atoms with Crippen molar-refractivity contribution in [2.45, 2.75) is 20.3 Å². The Bertz CT molecular complexity index is 317. The summed E-state index contributed by atoms with van der Waals surface area (Å²) in [5.41, 5.74) is 6.53. The molecule has 14 heavy (non-hydrogen) atoms. The number of nitrogens with zero attached hydrogens (tertiary/aromatic N) is 3. The van der Waals surface area contributed by atoms with Crippen LogP contribution in [0.4, 0.5) is 11.6 Å². The second kappa shape index (κ2) is 3.12. The monoisotopic (exact) mass is 192 g/mol. The molecule has 2 heterocycles. The van der Waals surface area contributed by atoms with Gasteiger partial charge in [0.2, 0.25) is 5.95 Å². The highest BCUT2D eigenvalue weighted by molar-refractivity contribution is 5.38. The first kappa shape index (κ1) is 9.24. The fraction of sp³-hybridized carbons (Fsp3) is 0.600. The Morgan fingerprint density at radius 3 is 2.50 bits per heavy atom. The lowest BCUT2D eigenvalue weighted by Gasteiger charge is -2.19. The van der Waals surface area contributed by atoms with Gasteiger partial charge in [0, 0.05) is 13.1 Å². The molecule has 2 N–H and O–H groups in total. The van der Waals surface area contributed by atoms with E-state index in [-0.39, 0.29) is 0 Å². The minimum Gasteiger partial charge on any atom is -0.396 e. The van der Waals surface area contributed by atoms with Gasteiger partial charge in [0.1, 0.15) is 0 Å². The van der Waals surface area contributed by atoms with Crippen molar-refractivity contribution in [2.75, 3.05) is 23.7 Å². The van der Waals surface area contributed by atoms with Gasteiger partial charge in [-0.2, -0.15) is 0 Å². The number of rotatable bonds is 1. The number of aromatic nitrogens is 2. The van der Waals surface area contributed by atoms with Crippen LogP contribution in [0.1, 0.15) is 20.3 Å². The van der Waals surface area contributed by atoms with Crippen LogP contribution in [0.2, 0.25) is 0 Å². The van der Waals surface area contributed by atoms with Crippen molar-refractivity contribution >= 4 is 11.6 Å². The van der Waals surface area contributed by atoms with Crippen molar-refractivity contribution in [1.29, 1.82) is 0 Å². The molecule has 0 aromatic carbocycles. The Kier molecular flexibility index (Phi) is 2.06. The molecular formula is C10H16N4. The molecule has 0 bridgehead atoms. The zero-order valence-electron chi connectivity index (χ0n) is 8.70. The van der Waals surface area contributed by atoms with Crippen molar-refractivity contribution < 1.29 is 0 Å². The molecule has 1 aromatic heterocycles. The van der Waals surface area contributed by atoms with E-state index in [4.69, 9.17) is 5.73 Å². The van der Waals surface area contributed by atoms with Crippen LogP contribution in [0.3, 0.4) is 0 Å². The van der Waals surface area contributed by atoms with E-state index in [2.05, 4.69) is 28.7 Å². The summed E-state index contributed by atoms with van der Waals surface area (Å²) in [5, 5.41) is 0. The van der Waals surface area contributed by atoms with Crippen molar-refractivity contribution in [1.82, 2.24) is 9.97 Å². The van der Waals surface area contributed by atoms with E-state index in [1.165, 1.54) is 6.42 Å². The Morgan fingerprint density at radius 1 is 1.36 bits per heavy atom. The average Bonchev–Trinajstić information content (AvgIpc) is 2.47. The maximum Gasteiger partial charge on any atom is 0.225 e. The van der Waals surface area contributed by atoms with Gasteiger partial charge in [-0.3, -0.25) is 0 Å². The van der Waals surface area contributed by atoms with Gasteiger partial charge in [-0.05, 0) is 11.8 Å². The highest BCUT2D eigenvalue weighted by Gasteiger charge is 2.30. The van der Waals surface area contributed by atoms with E-state index in [1.807, 2.05) is 0 Å². The quantitative estimate of drug-likeness (QED) is 0.728.